The number of thiazole rings is 1. The molecular formula is C16H15BrN4S. The van der Waals surface area contributed by atoms with E-state index < -0.39 is 0 Å². The molecule has 0 aliphatic carbocycles. The second-order valence-corrected chi connectivity index (χ2v) is 6.46. The van der Waals surface area contributed by atoms with Crippen molar-refractivity contribution in [3.05, 3.63) is 52.7 Å². The number of alkyl halides is 1. The van der Waals surface area contributed by atoms with Crippen LogP contribution < -0.4 is 5.32 Å². The van der Waals surface area contributed by atoms with Crippen molar-refractivity contribution in [2.24, 2.45) is 0 Å². The van der Waals surface area contributed by atoms with E-state index in [1.165, 1.54) is 11.1 Å². The summed E-state index contributed by atoms with van der Waals surface area (Å²) in [4.78, 5) is 13.4. The number of hydrogen-bond acceptors (Lipinski definition) is 5. The van der Waals surface area contributed by atoms with E-state index in [0.717, 1.165) is 27.4 Å². The third kappa shape index (κ3) is 3.51. The number of rotatable bonds is 4. The number of halogens is 1. The summed E-state index contributed by atoms with van der Waals surface area (Å²) in [5.74, 6) is 0.582. The zero-order valence-electron chi connectivity index (χ0n) is 12.3. The average Bonchev–Trinajstić information content (AvgIpc) is 2.95. The van der Waals surface area contributed by atoms with Gasteiger partial charge in [0.15, 0.2) is 0 Å². The first-order valence-corrected chi connectivity index (χ1v) is 8.83. The first-order valence-electron chi connectivity index (χ1n) is 6.83. The summed E-state index contributed by atoms with van der Waals surface area (Å²) in [6.45, 7) is 4.15. The Bertz CT molecular complexity index is 780. The van der Waals surface area contributed by atoms with Gasteiger partial charge in [0.05, 0.1) is 5.69 Å². The molecule has 2 heterocycles. The summed E-state index contributed by atoms with van der Waals surface area (Å²) >= 11 is 5.00. The van der Waals surface area contributed by atoms with Gasteiger partial charge in [0.2, 0.25) is 5.95 Å². The second kappa shape index (κ2) is 6.54. The number of anilines is 2. The van der Waals surface area contributed by atoms with Crippen molar-refractivity contribution in [1.82, 2.24) is 15.0 Å². The van der Waals surface area contributed by atoms with Crippen molar-refractivity contribution in [2.45, 2.75) is 19.2 Å². The molecule has 0 bridgehead atoms. The first-order chi connectivity index (χ1) is 10.6. The highest BCUT2D eigenvalue weighted by molar-refractivity contribution is 9.08. The van der Waals surface area contributed by atoms with Crippen LogP contribution in [-0.4, -0.2) is 15.0 Å². The quantitative estimate of drug-likeness (QED) is 0.662. The van der Waals surface area contributed by atoms with Crippen LogP contribution in [-0.2, 0) is 5.33 Å². The zero-order chi connectivity index (χ0) is 15.5. The molecule has 4 nitrogen and oxygen atoms in total. The molecule has 112 valence electrons. The third-order valence-electron chi connectivity index (χ3n) is 3.04. The lowest BCUT2D eigenvalue weighted by Crippen LogP contribution is -1.98. The Balaban J connectivity index is 1.87. The first kappa shape index (κ1) is 15.1. The van der Waals surface area contributed by atoms with Gasteiger partial charge in [-0.3, -0.25) is 0 Å². The highest BCUT2D eigenvalue weighted by atomic mass is 79.9. The molecule has 22 heavy (non-hydrogen) atoms. The van der Waals surface area contributed by atoms with E-state index in [-0.39, 0.29) is 0 Å². The number of aromatic nitrogens is 3. The number of nitrogens with zero attached hydrogens (tertiary/aromatic N) is 3. The van der Waals surface area contributed by atoms with E-state index >= 15 is 0 Å². The van der Waals surface area contributed by atoms with Gasteiger partial charge in [-0.2, -0.15) is 0 Å². The van der Waals surface area contributed by atoms with E-state index in [1.807, 2.05) is 11.4 Å². The van der Waals surface area contributed by atoms with Gasteiger partial charge in [-0.25, -0.2) is 15.0 Å². The van der Waals surface area contributed by atoms with E-state index in [1.54, 1.807) is 17.5 Å². The minimum absolute atomic E-state index is 0.582. The van der Waals surface area contributed by atoms with Gasteiger partial charge in [-0.05, 0) is 43.2 Å². The minimum atomic E-state index is 0.582. The van der Waals surface area contributed by atoms with Gasteiger partial charge in [-0.15, -0.1) is 11.3 Å². The largest absolute Gasteiger partial charge is 0.324 e. The Morgan fingerprint density at radius 3 is 2.59 bits per heavy atom. The van der Waals surface area contributed by atoms with E-state index in [0.29, 0.717) is 5.95 Å². The zero-order valence-corrected chi connectivity index (χ0v) is 14.7. The Hall–Kier alpha value is -1.79. The van der Waals surface area contributed by atoms with Crippen molar-refractivity contribution in [3.8, 4) is 10.7 Å². The maximum atomic E-state index is 4.56. The Morgan fingerprint density at radius 1 is 1.14 bits per heavy atom. The van der Waals surface area contributed by atoms with Crippen molar-refractivity contribution < 1.29 is 0 Å². The van der Waals surface area contributed by atoms with Crippen LogP contribution in [0, 0.1) is 13.8 Å². The second-order valence-electron chi connectivity index (χ2n) is 5.04. The summed E-state index contributed by atoms with van der Waals surface area (Å²) in [5.41, 5.74) is 5.26. The number of benzene rings is 1. The molecule has 3 rings (SSSR count). The van der Waals surface area contributed by atoms with Gasteiger partial charge in [-0.1, -0.05) is 22.0 Å². The molecule has 3 aromatic rings. The Kier molecular flexibility index (Phi) is 4.49. The van der Waals surface area contributed by atoms with Gasteiger partial charge in [0.25, 0.3) is 0 Å². The molecule has 1 N–H and O–H groups in total. The summed E-state index contributed by atoms with van der Waals surface area (Å²) in [5, 5.41) is 6.95. The fraction of sp³-hybridized carbons (Fsp3) is 0.188. The molecular weight excluding hydrogens is 360 g/mol. The molecule has 0 saturated heterocycles. The van der Waals surface area contributed by atoms with Crippen molar-refractivity contribution in [3.63, 3.8) is 0 Å². The highest BCUT2D eigenvalue weighted by Crippen LogP contribution is 2.24. The SMILES string of the molecule is Cc1cc(C)cc(Nc2nccc(-c3nc(CBr)cs3)n2)c1. The van der Waals surface area contributed by atoms with Crippen molar-refractivity contribution in [1.29, 1.82) is 0 Å². The maximum absolute atomic E-state index is 4.56. The average molecular weight is 375 g/mol. The molecule has 0 saturated carbocycles. The van der Waals surface area contributed by atoms with Gasteiger partial charge in [0, 0.05) is 22.6 Å². The fourth-order valence-electron chi connectivity index (χ4n) is 2.20. The van der Waals surface area contributed by atoms with Crippen molar-refractivity contribution >= 4 is 38.9 Å². The summed E-state index contributed by atoms with van der Waals surface area (Å²) in [6, 6.07) is 8.17. The van der Waals surface area contributed by atoms with Crippen LogP contribution in [0.3, 0.4) is 0 Å². The van der Waals surface area contributed by atoms with Gasteiger partial charge in [0.1, 0.15) is 10.7 Å². The van der Waals surface area contributed by atoms with E-state index in [9.17, 15) is 0 Å². The molecule has 0 radical (unpaired) electrons. The molecule has 0 aliphatic rings. The molecule has 6 heteroatoms. The molecule has 0 amide bonds. The van der Waals surface area contributed by atoms with Crippen LogP contribution >= 0.6 is 27.3 Å². The van der Waals surface area contributed by atoms with E-state index in [4.69, 9.17) is 0 Å². The van der Waals surface area contributed by atoms with Gasteiger partial charge >= 0.3 is 0 Å². The van der Waals surface area contributed by atoms with E-state index in [2.05, 4.69) is 68.2 Å². The summed E-state index contributed by atoms with van der Waals surface area (Å²) < 4.78 is 0. The summed E-state index contributed by atoms with van der Waals surface area (Å²) in [6.07, 6.45) is 1.75. The molecule has 0 aliphatic heterocycles. The third-order valence-corrected chi connectivity index (χ3v) is 4.53. The standard InChI is InChI=1S/C16H15BrN4S/c1-10-5-11(2)7-12(6-10)20-16-18-4-3-14(21-16)15-19-13(8-17)9-22-15/h3-7,9H,8H2,1-2H3,(H,18,20,21). The Morgan fingerprint density at radius 2 is 1.91 bits per heavy atom. The number of aryl methyl sites for hydroxylation is 2. The predicted octanol–water partition coefficient (Wildman–Crippen LogP) is 4.86. The lowest BCUT2D eigenvalue weighted by Gasteiger charge is -2.07. The van der Waals surface area contributed by atoms with Crippen LogP contribution in [0.2, 0.25) is 0 Å². The molecule has 0 spiro atoms. The van der Waals surface area contributed by atoms with Gasteiger partial charge < -0.3 is 5.32 Å². The number of nitrogens with one attached hydrogen (secondary N) is 1. The van der Waals surface area contributed by atoms with Crippen LogP contribution in [0.15, 0.2) is 35.8 Å². The highest BCUT2D eigenvalue weighted by Gasteiger charge is 2.07. The number of hydrogen-bond donors (Lipinski definition) is 1. The predicted molar refractivity (Wildman–Crippen MR) is 95.0 cm³/mol. The lowest BCUT2D eigenvalue weighted by molar-refractivity contribution is 1.15. The lowest BCUT2D eigenvalue weighted by atomic mass is 10.1. The smallest absolute Gasteiger partial charge is 0.227 e. The molecule has 1 aromatic carbocycles. The normalized spacial score (nSPS) is 10.7. The molecule has 0 fully saturated rings. The molecule has 0 unspecified atom stereocenters. The monoisotopic (exact) mass is 374 g/mol. The maximum Gasteiger partial charge on any atom is 0.227 e. The van der Waals surface area contributed by atoms with Crippen molar-refractivity contribution in [2.75, 3.05) is 5.32 Å². The Labute approximate surface area is 141 Å². The van der Waals surface area contributed by atoms with Crippen LogP contribution in [0.5, 0.6) is 0 Å². The fourth-order valence-corrected chi connectivity index (χ4v) is 3.49. The molecule has 0 atom stereocenters. The van der Waals surface area contributed by atoms with Crippen LogP contribution in [0.4, 0.5) is 11.6 Å². The topological polar surface area (TPSA) is 50.7 Å². The molecule has 2 aromatic heterocycles. The van der Waals surface area contributed by atoms with Crippen LogP contribution in [0.1, 0.15) is 16.8 Å². The minimum Gasteiger partial charge on any atom is -0.324 e. The van der Waals surface area contributed by atoms with Crippen LogP contribution in [0.25, 0.3) is 10.7 Å². The summed E-state index contributed by atoms with van der Waals surface area (Å²) in [7, 11) is 0.